The van der Waals surface area contributed by atoms with E-state index in [2.05, 4.69) is 10.6 Å². The van der Waals surface area contributed by atoms with Gasteiger partial charge in [0, 0.05) is 11.8 Å². The van der Waals surface area contributed by atoms with Crippen molar-refractivity contribution < 1.29 is 18.7 Å². The molecule has 0 spiro atoms. The molecule has 0 saturated heterocycles. The van der Waals surface area contributed by atoms with Crippen LogP contribution >= 0.6 is 0 Å². The highest BCUT2D eigenvalue weighted by atomic mass is 19.1. The number of benzene rings is 2. The Kier molecular flexibility index (Phi) is 5.41. The second-order valence-corrected chi connectivity index (χ2v) is 4.93. The van der Waals surface area contributed by atoms with Crippen LogP contribution in [0.15, 0.2) is 42.5 Å². The highest BCUT2D eigenvalue weighted by molar-refractivity contribution is 5.96. The molecule has 0 heterocycles. The summed E-state index contributed by atoms with van der Waals surface area (Å²) in [5.74, 6) is 0.434. The summed E-state index contributed by atoms with van der Waals surface area (Å²) >= 11 is 0. The first kappa shape index (κ1) is 16.6. The lowest BCUT2D eigenvalue weighted by atomic mass is 10.2. The fourth-order valence-electron chi connectivity index (χ4n) is 2.01. The van der Waals surface area contributed by atoms with E-state index in [0.717, 1.165) is 0 Å². The van der Waals surface area contributed by atoms with E-state index in [1.54, 1.807) is 38.3 Å². The lowest BCUT2D eigenvalue weighted by Gasteiger charge is -2.17. The molecule has 6 heteroatoms. The van der Waals surface area contributed by atoms with Gasteiger partial charge in [-0.25, -0.2) is 4.39 Å². The predicted octanol–water partition coefficient (Wildman–Crippen LogP) is 3.28. The maximum absolute atomic E-state index is 13.2. The number of methoxy groups -OCH3 is 2. The van der Waals surface area contributed by atoms with Crippen molar-refractivity contribution in [2.75, 3.05) is 24.9 Å². The van der Waals surface area contributed by atoms with Crippen molar-refractivity contribution in [1.29, 1.82) is 0 Å². The number of halogens is 1. The molecular weight excluding hydrogens is 299 g/mol. The molecule has 0 aliphatic rings. The van der Waals surface area contributed by atoms with Crippen LogP contribution in [0.1, 0.15) is 6.92 Å². The monoisotopic (exact) mass is 318 g/mol. The number of nitrogens with one attached hydrogen (secondary N) is 2. The van der Waals surface area contributed by atoms with E-state index in [9.17, 15) is 9.18 Å². The molecule has 0 aromatic heterocycles. The molecule has 1 amide bonds. The molecule has 0 bridgehead atoms. The van der Waals surface area contributed by atoms with E-state index < -0.39 is 11.9 Å². The highest BCUT2D eigenvalue weighted by Gasteiger charge is 2.15. The van der Waals surface area contributed by atoms with Gasteiger partial charge >= 0.3 is 0 Å². The number of carbonyl (C=O) groups excluding carboxylic acids is 1. The van der Waals surface area contributed by atoms with Crippen LogP contribution < -0.4 is 20.1 Å². The third kappa shape index (κ3) is 4.35. The van der Waals surface area contributed by atoms with E-state index in [1.807, 2.05) is 0 Å². The zero-order valence-electron chi connectivity index (χ0n) is 13.2. The van der Waals surface area contributed by atoms with E-state index in [1.165, 1.54) is 25.3 Å². The molecule has 122 valence electrons. The van der Waals surface area contributed by atoms with E-state index in [-0.39, 0.29) is 5.91 Å². The fraction of sp³-hybridized carbons (Fsp3) is 0.235. The quantitative estimate of drug-likeness (QED) is 0.858. The van der Waals surface area contributed by atoms with Crippen molar-refractivity contribution in [2.24, 2.45) is 0 Å². The van der Waals surface area contributed by atoms with Crippen LogP contribution in [-0.4, -0.2) is 26.2 Å². The molecule has 0 saturated carbocycles. The van der Waals surface area contributed by atoms with Crippen molar-refractivity contribution in [3.05, 3.63) is 48.3 Å². The zero-order valence-corrected chi connectivity index (χ0v) is 13.2. The molecule has 0 aliphatic carbocycles. The van der Waals surface area contributed by atoms with Crippen molar-refractivity contribution in [1.82, 2.24) is 0 Å². The third-order valence-corrected chi connectivity index (χ3v) is 3.29. The Bertz CT molecular complexity index is 674. The Morgan fingerprint density at radius 1 is 1.09 bits per heavy atom. The number of hydrogen-bond acceptors (Lipinski definition) is 4. The maximum Gasteiger partial charge on any atom is 0.246 e. The summed E-state index contributed by atoms with van der Waals surface area (Å²) in [7, 11) is 3.03. The molecule has 1 atom stereocenters. The number of ether oxygens (including phenoxy) is 2. The first-order valence-electron chi connectivity index (χ1n) is 7.08. The Balaban J connectivity index is 2.02. The van der Waals surface area contributed by atoms with E-state index in [4.69, 9.17) is 9.47 Å². The van der Waals surface area contributed by atoms with Gasteiger partial charge in [-0.1, -0.05) is 0 Å². The normalized spacial score (nSPS) is 11.5. The van der Waals surface area contributed by atoms with Crippen molar-refractivity contribution in [3.8, 4) is 11.5 Å². The van der Waals surface area contributed by atoms with Crippen LogP contribution in [0.5, 0.6) is 11.5 Å². The van der Waals surface area contributed by atoms with E-state index >= 15 is 0 Å². The van der Waals surface area contributed by atoms with Crippen LogP contribution in [0.3, 0.4) is 0 Å². The van der Waals surface area contributed by atoms with Gasteiger partial charge in [-0.05, 0) is 43.3 Å². The van der Waals surface area contributed by atoms with Crippen LogP contribution in [0.25, 0.3) is 0 Å². The summed E-state index contributed by atoms with van der Waals surface area (Å²) in [6.45, 7) is 1.71. The Labute approximate surface area is 134 Å². The van der Waals surface area contributed by atoms with Crippen molar-refractivity contribution in [2.45, 2.75) is 13.0 Å². The number of rotatable bonds is 6. The summed E-state index contributed by atoms with van der Waals surface area (Å²) in [6, 6.07) is 10.6. The van der Waals surface area contributed by atoms with Crippen LogP contribution in [-0.2, 0) is 4.79 Å². The summed E-state index contributed by atoms with van der Waals surface area (Å²) in [5.41, 5.74) is 1.21. The molecular formula is C17H19FN2O3. The topological polar surface area (TPSA) is 59.6 Å². The molecule has 2 rings (SSSR count). The van der Waals surface area contributed by atoms with Crippen molar-refractivity contribution >= 4 is 17.3 Å². The minimum Gasteiger partial charge on any atom is -0.497 e. The Morgan fingerprint density at radius 3 is 2.39 bits per heavy atom. The maximum atomic E-state index is 13.2. The van der Waals surface area contributed by atoms with Gasteiger partial charge in [0.1, 0.15) is 23.4 Å². The average molecular weight is 318 g/mol. The SMILES string of the molecule is COc1ccc(NC(=O)C(C)Nc2ccc(F)cc2OC)cc1. The van der Waals surface area contributed by atoms with Gasteiger partial charge in [-0.2, -0.15) is 0 Å². The lowest BCUT2D eigenvalue weighted by Crippen LogP contribution is -2.32. The summed E-state index contributed by atoms with van der Waals surface area (Å²) in [6.07, 6.45) is 0. The van der Waals surface area contributed by atoms with Gasteiger partial charge in [0.25, 0.3) is 0 Å². The number of amides is 1. The largest absolute Gasteiger partial charge is 0.497 e. The molecule has 5 nitrogen and oxygen atoms in total. The zero-order chi connectivity index (χ0) is 16.8. The number of hydrogen-bond donors (Lipinski definition) is 2. The third-order valence-electron chi connectivity index (χ3n) is 3.29. The Morgan fingerprint density at radius 2 is 1.78 bits per heavy atom. The lowest BCUT2D eigenvalue weighted by molar-refractivity contribution is -0.116. The Hall–Kier alpha value is -2.76. The first-order chi connectivity index (χ1) is 11.0. The standard InChI is InChI=1S/C17H19FN2O3/c1-11(19-15-9-4-12(18)10-16(15)23-3)17(21)20-13-5-7-14(22-2)8-6-13/h4-11,19H,1-3H3,(H,20,21). The second kappa shape index (κ2) is 7.49. The van der Waals surface area contributed by atoms with Gasteiger partial charge in [0.05, 0.1) is 19.9 Å². The minimum absolute atomic E-state index is 0.221. The van der Waals surface area contributed by atoms with Gasteiger partial charge in [0.15, 0.2) is 0 Å². The van der Waals surface area contributed by atoms with E-state index in [0.29, 0.717) is 22.9 Å². The molecule has 0 radical (unpaired) electrons. The van der Waals surface area contributed by atoms with Gasteiger partial charge in [0.2, 0.25) is 5.91 Å². The predicted molar refractivity (Wildman–Crippen MR) is 87.7 cm³/mol. The summed E-state index contributed by atoms with van der Waals surface area (Å²) in [5, 5.41) is 5.79. The molecule has 23 heavy (non-hydrogen) atoms. The average Bonchev–Trinajstić information content (AvgIpc) is 2.57. The molecule has 2 N–H and O–H groups in total. The molecule has 2 aromatic rings. The second-order valence-electron chi connectivity index (χ2n) is 4.93. The molecule has 0 fully saturated rings. The number of anilines is 2. The summed E-state index contributed by atoms with van der Waals surface area (Å²) < 4.78 is 23.4. The van der Waals surface area contributed by atoms with Crippen LogP contribution in [0, 0.1) is 5.82 Å². The van der Waals surface area contributed by atoms with Gasteiger partial charge in [-0.3, -0.25) is 4.79 Å². The highest BCUT2D eigenvalue weighted by Crippen LogP contribution is 2.25. The molecule has 1 unspecified atom stereocenters. The van der Waals surface area contributed by atoms with Gasteiger partial charge < -0.3 is 20.1 Å². The first-order valence-corrected chi connectivity index (χ1v) is 7.08. The van der Waals surface area contributed by atoms with Crippen LogP contribution in [0.4, 0.5) is 15.8 Å². The smallest absolute Gasteiger partial charge is 0.246 e. The fourth-order valence-corrected chi connectivity index (χ4v) is 2.01. The summed E-state index contributed by atoms with van der Waals surface area (Å²) in [4.78, 5) is 12.2. The van der Waals surface area contributed by atoms with Crippen molar-refractivity contribution in [3.63, 3.8) is 0 Å². The minimum atomic E-state index is -0.531. The molecule has 0 aliphatic heterocycles. The molecule has 2 aromatic carbocycles. The van der Waals surface area contributed by atoms with Gasteiger partial charge in [-0.15, -0.1) is 0 Å². The van der Waals surface area contributed by atoms with Crippen LogP contribution in [0.2, 0.25) is 0 Å². The number of carbonyl (C=O) groups is 1.